The normalized spacial score (nSPS) is 12.6. The van der Waals surface area contributed by atoms with Gasteiger partial charge in [-0.3, -0.25) is 9.59 Å². The van der Waals surface area contributed by atoms with Gasteiger partial charge in [-0.1, -0.05) is 84.9 Å². The summed E-state index contributed by atoms with van der Waals surface area (Å²) in [4.78, 5) is 52.2. The second kappa shape index (κ2) is 16.3. The van der Waals surface area contributed by atoms with Crippen molar-refractivity contribution in [3.8, 4) is 11.5 Å². The van der Waals surface area contributed by atoms with E-state index in [0.29, 0.717) is 16.7 Å². The van der Waals surface area contributed by atoms with E-state index < -0.39 is 42.0 Å². The first-order chi connectivity index (χ1) is 22.2. The molecule has 0 aliphatic rings. The lowest BCUT2D eigenvalue weighted by Gasteiger charge is -2.25. The zero-order valence-electron chi connectivity index (χ0n) is 24.8. The fraction of sp³-hybridized carbons (Fsp3) is 0.200. The minimum atomic E-state index is -1.33. The number of carbonyl (C=O) groups excluding carboxylic acids is 3. The van der Waals surface area contributed by atoms with Gasteiger partial charge in [0, 0.05) is 19.3 Å². The van der Waals surface area contributed by atoms with Crippen LogP contribution in [0.4, 0.5) is 4.79 Å². The molecule has 0 unspecified atom stereocenters. The van der Waals surface area contributed by atoms with Gasteiger partial charge in [0.05, 0.1) is 0 Å². The highest BCUT2D eigenvalue weighted by atomic mass is 16.5. The van der Waals surface area contributed by atoms with Crippen molar-refractivity contribution in [2.24, 2.45) is 0 Å². The summed E-state index contributed by atoms with van der Waals surface area (Å²) in [6.07, 6.45) is -0.878. The summed E-state index contributed by atoms with van der Waals surface area (Å²) in [6, 6.07) is 26.2. The van der Waals surface area contributed by atoms with Crippen LogP contribution in [0.1, 0.15) is 22.3 Å². The number of phenolic OH excluding ortho intramolecular Hbond substituents is 2. The molecule has 0 saturated heterocycles. The van der Waals surface area contributed by atoms with Crippen LogP contribution in [0.15, 0.2) is 109 Å². The van der Waals surface area contributed by atoms with Gasteiger partial charge in [0.2, 0.25) is 11.8 Å². The number of nitrogens with one attached hydrogen (secondary N) is 3. The van der Waals surface area contributed by atoms with Gasteiger partial charge in [-0.05, 0) is 46.5 Å². The zero-order chi connectivity index (χ0) is 32.9. The Balaban J connectivity index is 1.52. The van der Waals surface area contributed by atoms with E-state index in [1.165, 1.54) is 24.3 Å². The van der Waals surface area contributed by atoms with Gasteiger partial charge in [0.15, 0.2) is 0 Å². The fourth-order valence-corrected chi connectivity index (χ4v) is 4.66. The minimum Gasteiger partial charge on any atom is -0.508 e. The predicted octanol–water partition coefficient (Wildman–Crippen LogP) is 3.47. The molecule has 0 fully saturated rings. The van der Waals surface area contributed by atoms with Crippen LogP contribution in [0.3, 0.4) is 0 Å². The third-order valence-electron chi connectivity index (χ3n) is 7.10. The van der Waals surface area contributed by atoms with Gasteiger partial charge in [-0.15, -0.1) is 0 Å². The van der Waals surface area contributed by atoms with Gasteiger partial charge in [-0.25, -0.2) is 9.59 Å². The molecule has 11 heteroatoms. The summed E-state index contributed by atoms with van der Waals surface area (Å²) in [5, 5.41) is 36.9. The SMILES string of the molecule is O=C(N[C@H](Cc1ccc(O)cc1)C(=O)N[C@@H](Cc1ccccc1)C(=O)N[C@@H](Cc1ccc(O)cc1)C(=O)O)OCc1ccccc1. The van der Waals surface area contributed by atoms with Crippen LogP contribution in [0.2, 0.25) is 0 Å². The molecule has 0 spiro atoms. The molecular formula is C35H35N3O8. The van der Waals surface area contributed by atoms with E-state index in [2.05, 4.69) is 16.0 Å². The lowest BCUT2D eigenvalue weighted by Crippen LogP contribution is -2.57. The van der Waals surface area contributed by atoms with Crippen molar-refractivity contribution in [2.45, 2.75) is 44.0 Å². The molecule has 3 atom stereocenters. The summed E-state index contributed by atoms with van der Waals surface area (Å²) in [6.45, 7) is -0.0309. The van der Waals surface area contributed by atoms with Crippen molar-refractivity contribution in [2.75, 3.05) is 0 Å². The van der Waals surface area contributed by atoms with E-state index in [4.69, 9.17) is 4.74 Å². The molecule has 11 nitrogen and oxygen atoms in total. The lowest BCUT2D eigenvalue weighted by atomic mass is 10.0. The molecule has 3 amide bonds. The highest BCUT2D eigenvalue weighted by molar-refractivity contribution is 5.93. The van der Waals surface area contributed by atoms with Crippen LogP contribution in [-0.4, -0.2) is 57.3 Å². The topological polar surface area (TPSA) is 174 Å². The fourth-order valence-electron chi connectivity index (χ4n) is 4.66. The Hall–Kier alpha value is -5.84. The van der Waals surface area contributed by atoms with Crippen molar-refractivity contribution >= 4 is 23.9 Å². The van der Waals surface area contributed by atoms with E-state index in [9.17, 15) is 34.5 Å². The van der Waals surface area contributed by atoms with Crippen molar-refractivity contribution < 1.29 is 39.2 Å². The molecule has 238 valence electrons. The van der Waals surface area contributed by atoms with E-state index in [1.54, 1.807) is 78.9 Å². The molecule has 0 aliphatic heterocycles. The number of hydrogen-bond acceptors (Lipinski definition) is 7. The number of phenols is 2. The number of carboxylic acid groups (broad SMARTS) is 1. The van der Waals surface area contributed by atoms with Crippen molar-refractivity contribution in [1.82, 2.24) is 16.0 Å². The molecule has 46 heavy (non-hydrogen) atoms. The van der Waals surface area contributed by atoms with E-state index >= 15 is 0 Å². The average Bonchev–Trinajstić information content (AvgIpc) is 3.05. The van der Waals surface area contributed by atoms with Gasteiger partial charge in [0.1, 0.15) is 36.2 Å². The van der Waals surface area contributed by atoms with Crippen LogP contribution in [0.25, 0.3) is 0 Å². The number of aliphatic carboxylic acids is 1. The van der Waals surface area contributed by atoms with Crippen LogP contribution < -0.4 is 16.0 Å². The van der Waals surface area contributed by atoms with E-state index in [1.807, 2.05) is 6.07 Å². The zero-order valence-corrected chi connectivity index (χ0v) is 24.8. The second-order valence-corrected chi connectivity index (χ2v) is 10.7. The number of rotatable bonds is 14. The molecule has 0 heterocycles. The number of benzene rings is 4. The van der Waals surface area contributed by atoms with Crippen molar-refractivity contribution in [3.63, 3.8) is 0 Å². The number of ether oxygens (including phenoxy) is 1. The Morgan fingerprint density at radius 3 is 1.39 bits per heavy atom. The molecule has 0 radical (unpaired) electrons. The number of aromatic hydroxyl groups is 2. The monoisotopic (exact) mass is 625 g/mol. The number of carbonyl (C=O) groups is 4. The van der Waals surface area contributed by atoms with Gasteiger partial charge >= 0.3 is 12.1 Å². The van der Waals surface area contributed by atoms with Crippen LogP contribution in [0, 0.1) is 0 Å². The molecule has 4 aromatic rings. The van der Waals surface area contributed by atoms with Crippen LogP contribution in [0.5, 0.6) is 11.5 Å². The minimum absolute atomic E-state index is 0.00479. The number of alkyl carbamates (subject to hydrolysis) is 1. The van der Waals surface area contributed by atoms with Gasteiger partial charge < -0.3 is 36.0 Å². The third kappa shape index (κ3) is 10.4. The summed E-state index contributed by atoms with van der Waals surface area (Å²) < 4.78 is 5.33. The quantitative estimate of drug-likeness (QED) is 0.124. The first kappa shape index (κ1) is 33.1. The van der Waals surface area contributed by atoms with E-state index in [-0.39, 0.29) is 37.4 Å². The lowest BCUT2D eigenvalue weighted by molar-refractivity contribution is -0.142. The average molecular weight is 626 g/mol. The third-order valence-corrected chi connectivity index (χ3v) is 7.10. The largest absolute Gasteiger partial charge is 0.508 e. The molecule has 4 rings (SSSR count). The summed E-state index contributed by atoms with van der Waals surface area (Å²) >= 11 is 0. The van der Waals surface area contributed by atoms with E-state index in [0.717, 1.165) is 5.56 Å². The highest BCUT2D eigenvalue weighted by Gasteiger charge is 2.30. The standard InChI is InChI=1S/C35H35N3O8/c39-27-15-11-24(12-16-27)20-30(38-35(45)46-22-26-9-5-2-6-10-26)33(42)36-29(19-23-7-3-1-4-8-23)32(41)37-31(34(43)44)21-25-13-17-28(40)18-14-25/h1-18,29-31,39-40H,19-22H2,(H,36,42)(H,37,41)(H,38,45)(H,43,44)/t29-,30+,31-/m0/s1. The van der Waals surface area contributed by atoms with Gasteiger partial charge in [0.25, 0.3) is 0 Å². The number of hydrogen-bond donors (Lipinski definition) is 6. The first-order valence-corrected chi connectivity index (χ1v) is 14.6. The molecule has 4 aromatic carbocycles. The first-order valence-electron chi connectivity index (χ1n) is 14.6. The molecule has 0 saturated carbocycles. The Bertz CT molecular complexity index is 1600. The molecular weight excluding hydrogens is 590 g/mol. The Labute approximate surface area is 265 Å². The molecule has 0 bridgehead atoms. The number of carboxylic acids is 1. The maximum absolute atomic E-state index is 13.7. The number of amides is 3. The van der Waals surface area contributed by atoms with Crippen LogP contribution in [-0.2, 0) is 45.0 Å². The van der Waals surface area contributed by atoms with Gasteiger partial charge in [-0.2, -0.15) is 0 Å². The van der Waals surface area contributed by atoms with Crippen LogP contribution >= 0.6 is 0 Å². The summed E-state index contributed by atoms with van der Waals surface area (Å²) in [5.74, 6) is -2.67. The maximum Gasteiger partial charge on any atom is 0.408 e. The summed E-state index contributed by atoms with van der Waals surface area (Å²) in [5.41, 5.74) is 2.64. The predicted molar refractivity (Wildman–Crippen MR) is 169 cm³/mol. The highest BCUT2D eigenvalue weighted by Crippen LogP contribution is 2.14. The Morgan fingerprint density at radius 2 is 0.913 bits per heavy atom. The van der Waals surface area contributed by atoms with Crippen molar-refractivity contribution in [1.29, 1.82) is 0 Å². The second-order valence-electron chi connectivity index (χ2n) is 10.7. The summed E-state index contributed by atoms with van der Waals surface area (Å²) in [7, 11) is 0. The Morgan fingerprint density at radius 1 is 0.522 bits per heavy atom. The smallest absolute Gasteiger partial charge is 0.408 e. The molecule has 0 aliphatic carbocycles. The Kier molecular flexibility index (Phi) is 11.7. The van der Waals surface area contributed by atoms with Crippen molar-refractivity contribution in [3.05, 3.63) is 131 Å². The molecule has 0 aromatic heterocycles. The maximum atomic E-state index is 13.7. The molecule has 6 N–H and O–H groups in total.